The van der Waals surface area contributed by atoms with Crippen LogP contribution in [0.4, 0.5) is 5.69 Å². The lowest BCUT2D eigenvalue weighted by molar-refractivity contribution is -0.127. The van der Waals surface area contributed by atoms with E-state index in [-0.39, 0.29) is 17.9 Å². The van der Waals surface area contributed by atoms with Crippen molar-refractivity contribution in [3.8, 4) is 0 Å². The molecule has 0 radical (unpaired) electrons. The van der Waals surface area contributed by atoms with Crippen molar-refractivity contribution >= 4 is 29.1 Å². The van der Waals surface area contributed by atoms with Crippen molar-refractivity contribution in [3.05, 3.63) is 59.9 Å². The number of piperidine rings is 1. The highest BCUT2D eigenvalue weighted by Crippen LogP contribution is 2.49. The lowest BCUT2D eigenvalue weighted by Crippen LogP contribution is -2.38. The number of likely N-dealkylation sites (tertiary alicyclic amines) is 1. The van der Waals surface area contributed by atoms with Crippen molar-refractivity contribution in [1.29, 1.82) is 0 Å². The number of halogens is 1. The molecule has 1 aromatic carbocycles. The maximum absolute atomic E-state index is 12.9. The lowest BCUT2D eigenvalue weighted by atomic mass is 9.95. The first-order chi connectivity index (χ1) is 13.5. The normalized spacial score (nSPS) is 18.5. The Hall–Kier alpha value is -2.60. The van der Waals surface area contributed by atoms with Crippen LogP contribution < -0.4 is 5.32 Å². The van der Waals surface area contributed by atoms with E-state index in [1.165, 1.54) is 6.08 Å². The number of rotatable bonds is 5. The van der Waals surface area contributed by atoms with Gasteiger partial charge in [0.15, 0.2) is 0 Å². The first-order valence-electron chi connectivity index (χ1n) is 9.55. The Morgan fingerprint density at radius 2 is 1.89 bits per heavy atom. The summed E-state index contributed by atoms with van der Waals surface area (Å²) < 4.78 is 1.90. The number of nitrogens with zero attached hydrogens (tertiary/aromatic N) is 3. The molecule has 2 aromatic rings. The van der Waals surface area contributed by atoms with Crippen molar-refractivity contribution < 1.29 is 9.59 Å². The molecule has 2 heterocycles. The van der Waals surface area contributed by atoms with Crippen LogP contribution in [0, 0.1) is 0 Å². The predicted octanol–water partition coefficient (Wildman–Crippen LogP) is 3.56. The Kier molecular flexibility index (Phi) is 4.98. The summed E-state index contributed by atoms with van der Waals surface area (Å²) >= 11 is 5.96. The smallest absolute Gasteiger partial charge is 0.245 e. The molecule has 4 rings (SSSR count). The number of nitrogens with one attached hydrogen (secondary N) is 1. The van der Waals surface area contributed by atoms with Gasteiger partial charge in [-0.05, 0) is 49.5 Å². The van der Waals surface area contributed by atoms with Crippen molar-refractivity contribution in [1.82, 2.24) is 14.7 Å². The Labute approximate surface area is 169 Å². The van der Waals surface area contributed by atoms with Gasteiger partial charge in [0.2, 0.25) is 11.8 Å². The van der Waals surface area contributed by atoms with Gasteiger partial charge in [0.25, 0.3) is 0 Å². The highest BCUT2D eigenvalue weighted by molar-refractivity contribution is 6.30. The van der Waals surface area contributed by atoms with E-state index in [0.29, 0.717) is 23.8 Å². The van der Waals surface area contributed by atoms with Gasteiger partial charge >= 0.3 is 0 Å². The van der Waals surface area contributed by atoms with Crippen molar-refractivity contribution in [2.75, 3.05) is 18.4 Å². The number of carbonyl (C=O) groups is 2. The molecule has 1 saturated carbocycles. The average Bonchev–Trinajstić information content (AvgIpc) is 3.41. The molecule has 0 bridgehead atoms. The van der Waals surface area contributed by atoms with Crippen LogP contribution in [0.1, 0.15) is 37.3 Å². The zero-order valence-electron chi connectivity index (χ0n) is 15.6. The molecule has 2 fully saturated rings. The fourth-order valence-corrected chi connectivity index (χ4v) is 4.00. The van der Waals surface area contributed by atoms with E-state index in [0.717, 1.165) is 31.2 Å². The molecule has 2 aliphatic rings. The largest absolute Gasteiger partial charge is 0.339 e. The summed E-state index contributed by atoms with van der Waals surface area (Å²) in [6.45, 7) is 4.92. The highest BCUT2D eigenvalue weighted by Gasteiger charge is 2.51. The van der Waals surface area contributed by atoms with Gasteiger partial charge < -0.3 is 10.2 Å². The summed E-state index contributed by atoms with van der Waals surface area (Å²) in [5, 5.41) is 8.12. The molecular weight excluding hydrogens is 376 g/mol. The Morgan fingerprint density at radius 1 is 1.21 bits per heavy atom. The number of aromatic nitrogens is 2. The van der Waals surface area contributed by atoms with Crippen LogP contribution in [0.25, 0.3) is 0 Å². The van der Waals surface area contributed by atoms with E-state index in [2.05, 4.69) is 17.0 Å². The van der Waals surface area contributed by atoms with Crippen LogP contribution in [0.2, 0.25) is 5.02 Å². The number of benzene rings is 1. The minimum absolute atomic E-state index is 0.000714. The van der Waals surface area contributed by atoms with Gasteiger partial charge in [-0.25, -0.2) is 0 Å². The second-order valence-corrected chi connectivity index (χ2v) is 7.95. The van der Waals surface area contributed by atoms with E-state index < -0.39 is 5.41 Å². The first kappa shape index (κ1) is 18.7. The zero-order valence-corrected chi connectivity index (χ0v) is 16.4. The molecule has 0 spiro atoms. The van der Waals surface area contributed by atoms with Crippen LogP contribution in [0.15, 0.2) is 49.3 Å². The standard InChI is InChI=1S/C21H23ClN4O2/c1-2-19(27)25-11-7-18(8-12-25)26-14-17(13-23-26)24-20(28)21(9-10-21)15-3-5-16(22)6-4-15/h2-6,13-14,18H,1,7-12H2,(H,24,28). The minimum Gasteiger partial charge on any atom is -0.339 e. The summed E-state index contributed by atoms with van der Waals surface area (Å²) in [5.74, 6) is -0.0235. The molecule has 1 saturated heterocycles. The van der Waals surface area contributed by atoms with Crippen LogP contribution >= 0.6 is 11.6 Å². The van der Waals surface area contributed by atoms with Gasteiger partial charge in [-0.2, -0.15) is 5.10 Å². The van der Waals surface area contributed by atoms with Crippen LogP contribution in [0.3, 0.4) is 0 Å². The maximum Gasteiger partial charge on any atom is 0.245 e. The molecule has 6 nitrogen and oxygen atoms in total. The molecule has 146 valence electrons. The lowest BCUT2D eigenvalue weighted by Gasteiger charge is -2.31. The molecule has 2 amide bonds. The number of anilines is 1. The average molecular weight is 399 g/mol. The number of amides is 2. The summed E-state index contributed by atoms with van der Waals surface area (Å²) in [6, 6.07) is 7.73. The molecule has 1 aliphatic carbocycles. The molecular formula is C21H23ClN4O2. The van der Waals surface area contributed by atoms with E-state index in [1.54, 1.807) is 11.1 Å². The summed E-state index contributed by atoms with van der Waals surface area (Å²) in [6.07, 6.45) is 8.28. The van der Waals surface area contributed by atoms with Crippen LogP contribution in [0.5, 0.6) is 0 Å². The van der Waals surface area contributed by atoms with Gasteiger partial charge in [-0.1, -0.05) is 30.3 Å². The topological polar surface area (TPSA) is 67.2 Å². The number of carbonyl (C=O) groups excluding carboxylic acids is 2. The Balaban J connectivity index is 1.39. The van der Waals surface area contributed by atoms with Crippen LogP contribution in [-0.4, -0.2) is 39.6 Å². The second kappa shape index (κ2) is 7.43. The van der Waals surface area contributed by atoms with Crippen molar-refractivity contribution in [2.24, 2.45) is 0 Å². The molecule has 1 N–H and O–H groups in total. The van der Waals surface area contributed by atoms with E-state index in [1.807, 2.05) is 35.1 Å². The first-order valence-corrected chi connectivity index (χ1v) is 9.93. The quantitative estimate of drug-likeness (QED) is 0.783. The van der Waals surface area contributed by atoms with Gasteiger partial charge in [-0.15, -0.1) is 0 Å². The fourth-order valence-electron chi connectivity index (χ4n) is 3.87. The van der Waals surface area contributed by atoms with Gasteiger partial charge in [0.05, 0.1) is 23.3 Å². The van der Waals surface area contributed by atoms with Gasteiger partial charge in [0, 0.05) is 24.3 Å². The van der Waals surface area contributed by atoms with Gasteiger partial charge in [-0.3, -0.25) is 14.3 Å². The van der Waals surface area contributed by atoms with Gasteiger partial charge in [0.1, 0.15) is 0 Å². The minimum atomic E-state index is -0.455. The fraction of sp³-hybridized carbons (Fsp3) is 0.381. The number of hydrogen-bond acceptors (Lipinski definition) is 3. The van der Waals surface area contributed by atoms with Crippen LogP contribution in [-0.2, 0) is 15.0 Å². The molecule has 1 aromatic heterocycles. The summed E-state index contributed by atoms with van der Waals surface area (Å²) in [5.41, 5.74) is 1.25. The Bertz CT molecular complexity index is 893. The summed E-state index contributed by atoms with van der Waals surface area (Å²) in [4.78, 5) is 26.4. The SMILES string of the molecule is C=CC(=O)N1CCC(n2cc(NC(=O)C3(c4ccc(Cl)cc4)CC3)cn2)CC1. The monoisotopic (exact) mass is 398 g/mol. The Morgan fingerprint density at radius 3 is 2.50 bits per heavy atom. The molecule has 1 aliphatic heterocycles. The van der Waals surface area contributed by atoms with Crippen molar-refractivity contribution in [3.63, 3.8) is 0 Å². The maximum atomic E-state index is 12.9. The second-order valence-electron chi connectivity index (χ2n) is 7.51. The molecule has 0 unspecified atom stereocenters. The predicted molar refractivity (Wildman–Crippen MR) is 108 cm³/mol. The highest BCUT2D eigenvalue weighted by atomic mass is 35.5. The molecule has 28 heavy (non-hydrogen) atoms. The van der Waals surface area contributed by atoms with E-state index >= 15 is 0 Å². The zero-order chi connectivity index (χ0) is 19.7. The third kappa shape index (κ3) is 3.56. The van der Waals surface area contributed by atoms with Crippen molar-refractivity contribution in [2.45, 2.75) is 37.1 Å². The summed E-state index contributed by atoms with van der Waals surface area (Å²) in [7, 11) is 0. The molecule has 7 heteroatoms. The molecule has 0 atom stereocenters. The number of hydrogen-bond donors (Lipinski definition) is 1. The third-order valence-electron chi connectivity index (χ3n) is 5.77. The third-order valence-corrected chi connectivity index (χ3v) is 6.02. The van der Waals surface area contributed by atoms with E-state index in [9.17, 15) is 9.59 Å². The van der Waals surface area contributed by atoms with E-state index in [4.69, 9.17) is 11.6 Å².